The Morgan fingerprint density at radius 3 is 2.48 bits per heavy atom. The highest BCUT2D eigenvalue weighted by molar-refractivity contribution is 7.89. The fraction of sp³-hybridized carbons (Fsp3) is 0.368. The molecule has 6 nitrogen and oxygen atoms in total. The van der Waals surface area contributed by atoms with Gasteiger partial charge in [-0.1, -0.05) is 6.07 Å². The second kappa shape index (κ2) is 8.14. The Bertz CT molecular complexity index is 880. The average molecular weight is 391 g/mol. The molecule has 0 aliphatic carbocycles. The molecule has 1 aliphatic heterocycles. The van der Waals surface area contributed by atoms with Crippen molar-refractivity contribution in [1.29, 1.82) is 0 Å². The molecule has 2 heterocycles. The average Bonchev–Trinajstić information content (AvgIpc) is 2.69. The van der Waals surface area contributed by atoms with Gasteiger partial charge in [0.1, 0.15) is 5.82 Å². The number of hydrogen-bond donors (Lipinski definition) is 1. The van der Waals surface area contributed by atoms with Crippen LogP contribution in [-0.2, 0) is 14.8 Å². The Labute approximate surface area is 158 Å². The molecule has 0 radical (unpaired) electrons. The summed E-state index contributed by atoms with van der Waals surface area (Å²) in [5.41, 5.74) is 0.919. The summed E-state index contributed by atoms with van der Waals surface area (Å²) in [7, 11) is -3.67. The van der Waals surface area contributed by atoms with Crippen LogP contribution >= 0.6 is 0 Å². The number of sulfonamides is 1. The lowest BCUT2D eigenvalue weighted by Gasteiger charge is -2.31. The van der Waals surface area contributed by atoms with Crippen LogP contribution in [0.3, 0.4) is 0 Å². The van der Waals surface area contributed by atoms with Crippen LogP contribution in [0.5, 0.6) is 0 Å². The minimum atomic E-state index is -3.67. The van der Waals surface area contributed by atoms with Gasteiger partial charge in [0.15, 0.2) is 0 Å². The second-order valence-electron chi connectivity index (χ2n) is 6.65. The quantitative estimate of drug-likeness (QED) is 0.849. The molecule has 3 rings (SSSR count). The van der Waals surface area contributed by atoms with E-state index < -0.39 is 15.8 Å². The summed E-state index contributed by atoms with van der Waals surface area (Å²) >= 11 is 0. The summed E-state index contributed by atoms with van der Waals surface area (Å²) in [5, 5.41) is 2.97. The van der Waals surface area contributed by atoms with Gasteiger partial charge in [0.05, 0.1) is 10.9 Å². The molecule has 1 amide bonds. The van der Waals surface area contributed by atoms with E-state index in [9.17, 15) is 17.6 Å². The molecule has 1 atom stereocenters. The Morgan fingerprint density at radius 2 is 1.89 bits per heavy atom. The molecule has 1 fully saturated rings. The molecule has 1 aromatic carbocycles. The van der Waals surface area contributed by atoms with E-state index in [0.717, 1.165) is 17.7 Å². The monoisotopic (exact) mass is 391 g/mol. The van der Waals surface area contributed by atoms with E-state index in [4.69, 9.17) is 0 Å². The molecular weight excluding hydrogens is 369 g/mol. The van der Waals surface area contributed by atoms with Gasteiger partial charge in [-0.05, 0) is 55.7 Å². The molecule has 0 bridgehead atoms. The van der Waals surface area contributed by atoms with Crippen LogP contribution in [0.2, 0.25) is 0 Å². The Hall–Kier alpha value is -2.32. The van der Waals surface area contributed by atoms with Crippen molar-refractivity contribution < 1.29 is 17.6 Å². The zero-order valence-corrected chi connectivity index (χ0v) is 15.8. The maximum atomic E-state index is 13.0. The summed E-state index contributed by atoms with van der Waals surface area (Å²) in [5.74, 6) is -0.791. The topological polar surface area (TPSA) is 79.4 Å². The Morgan fingerprint density at radius 1 is 1.22 bits per heavy atom. The predicted molar refractivity (Wildman–Crippen MR) is 98.7 cm³/mol. The van der Waals surface area contributed by atoms with Crippen LogP contribution in [0.1, 0.15) is 31.4 Å². The molecule has 27 heavy (non-hydrogen) atoms. The fourth-order valence-corrected chi connectivity index (χ4v) is 4.63. The van der Waals surface area contributed by atoms with Gasteiger partial charge in [0, 0.05) is 31.4 Å². The zero-order chi connectivity index (χ0) is 19.4. The molecule has 0 spiro atoms. The summed E-state index contributed by atoms with van der Waals surface area (Å²) in [6.45, 7) is 2.42. The second-order valence-corrected chi connectivity index (χ2v) is 8.59. The largest absolute Gasteiger partial charge is 0.349 e. The van der Waals surface area contributed by atoms with Crippen LogP contribution in [0.4, 0.5) is 4.39 Å². The number of hydrogen-bond acceptors (Lipinski definition) is 4. The van der Waals surface area contributed by atoms with E-state index in [0.29, 0.717) is 12.8 Å². The van der Waals surface area contributed by atoms with Crippen LogP contribution < -0.4 is 5.32 Å². The molecule has 1 unspecified atom stereocenters. The number of amides is 1. The Kier molecular flexibility index (Phi) is 5.86. The first-order valence-electron chi connectivity index (χ1n) is 8.84. The van der Waals surface area contributed by atoms with E-state index in [1.54, 1.807) is 12.4 Å². The van der Waals surface area contributed by atoms with Crippen LogP contribution in [0.25, 0.3) is 0 Å². The first-order valence-corrected chi connectivity index (χ1v) is 10.3. The molecule has 2 aromatic rings. The SMILES string of the molecule is CC(NC(=O)C1CCN(S(=O)(=O)c2ccc(F)cc2)CC1)c1cccnc1. The normalized spacial score (nSPS) is 17.4. The van der Waals surface area contributed by atoms with Gasteiger partial charge in [-0.15, -0.1) is 0 Å². The molecule has 1 aliphatic rings. The molecule has 0 saturated carbocycles. The molecule has 1 aromatic heterocycles. The van der Waals surface area contributed by atoms with Gasteiger partial charge >= 0.3 is 0 Å². The first kappa shape index (κ1) is 19.4. The highest BCUT2D eigenvalue weighted by Gasteiger charge is 2.32. The number of nitrogens with zero attached hydrogens (tertiary/aromatic N) is 2. The summed E-state index contributed by atoms with van der Waals surface area (Å²) in [6.07, 6.45) is 4.29. The predicted octanol–water partition coefficient (Wildman–Crippen LogP) is 2.50. The lowest BCUT2D eigenvalue weighted by Crippen LogP contribution is -2.43. The first-order chi connectivity index (χ1) is 12.9. The maximum Gasteiger partial charge on any atom is 0.243 e. The summed E-state index contributed by atoms with van der Waals surface area (Å²) in [4.78, 5) is 16.6. The van der Waals surface area contributed by atoms with Gasteiger partial charge in [-0.2, -0.15) is 4.31 Å². The van der Waals surface area contributed by atoms with E-state index >= 15 is 0 Å². The highest BCUT2D eigenvalue weighted by Crippen LogP contribution is 2.25. The minimum absolute atomic E-state index is 0.0667. The van der Waals surface area contributed by atoms with Crippen molar-refractivity contribution in [3.05, 3.63) is 60.2 Å². The number of pyridine rings is 1. The van der Waals surface area contributed by atoms with Crippen molar-refractivity contribution in [3.8, 4) is 0 Å². The molecule has 8 heteroatoms. The van der Waals surface area contributed by atoms with Crippen molar-refractivity contribution in [2.45, 2.75) is 30.7 Å². The van der Waals surface area contributed by atoms with Gasteiger partial charge in [0.2, 0.25) is 15.9 Å². The van der Waals surface area contributed by atoms with Gasteiger partial charge < -0.3 is 5.32 Å². The van der Waals surface area contributed by atoms with Crippen molar-refractivity contribution in [1.82, 2.24) is 14.6 Å². The van der Waals surface area contributed by atoms with Crippen molar-refractivity contribution in [3.63, 3.8) is 0 Å². The maximum absolute atomic E-state index is 13.0. The highest BCUT2D eigenvalue weighted by atomic mass is 32.2. The third kappa shape index (κ3) is 4.51. The van der Waals surface area contributed by atoms with E-state index in [-0.39, 0.29) is 35.9 Å². The van der Waals surface area contributed by atoms with Gasteiger partial charge in [0.25, 0.3) is 0 Å². The third-order valence-corrected chi connectivity index (χ3v) is 6.73. The van der Waals surface area contributed by atoms with Crippen LogP contribution in [-0.4, -0.2) is 36.7 Å². The number of halogens is 1. The van der Waals surface area contributed by atoms with Crippen molar-refractivity contribution >= 4 is 15.9 Å². The fourth-order valence-electron chi connectivity index (χ4n) is 3.16. The summed E-state index contributed by atoms with van der Waals surface area (Å²) in [6, 6.07) is 8.34. The van der Waals surface area contributed by atoms with E-state index in [1.165, 1.54) is 16.4 Å². The van der Waals surface area contributed by atoms with E-state index in [1.807, 2.05) is 19.1 Å². The van der Waals surface area contributed by atoms with E-state index in [2.05, 4.69) is 10.3 Å². The van der Waals surface area contributed by atoms with Crippen molar-refractivity contribution in [2.24, 2.45) is 5.92 Å². The van der Waals surface area contributed by atoms with Crippen LogP contribution in [0.15, 0.2) is 53.7 Å². The number of nitrogens with one attached hydrogen (secondary N) is 1. The molecule has 1 N–H and O–H groups in total. The number of piperidine rings is 1. The van der Waals surface area contributed by atoms with Crippen molar-refractivity contribution in [2.75, 3.05) is 13.1 Å². The molecular formula is C19H22FN3O3S. The lowest BCUT2D eigenvalue weighted by atomic mass is 9.96. The molecule has 144 valence electrons. The number of carbonyl (C=O) groups excluding carboxylic acids is 1. The zero-order valence-electron chi connectivity index (χ0n) is 15.0. The Balaban J connectivity index is 1.58. The number of rotatable bonds is 5. The number of aromatic nitrogens is 1. The smallest absolute Gasteiger partial charge is 0.243 e. The van der Waals surface area contributed by atoms with Gasteiger partial charge in [-0.3, -0.25) is 9.78 Å². The minimum Gasteiger partial charge on any atom is -0.349 e. The lowest BCUT2D eigenvalue weighted by molar-refractivity contribution is -0.126. The standard InChI is InChI=1S/C19H22FN3O3S/c1-14(16-3-2-10-21-13-16)22-19(24)15-8-11-23(12-9-15)27(25,26)18-6-4-17(20)5-7-18/h2-7,10,13-15H,8-9,11-12H2,1H3,(H,22,24). The third-order valence-electron chi connectivity index (χ3n) is 4.82. The summed E-state index contributed by atoms with van der Waals surface area (Å²) < 4.78 is 39.7. The van der Waals surface area contributed by atoms with Crippen LogP contribution in [0, 0.1) is 11.7 Å². The van der Waals surface area contributed by atoms with Gasteiger partial charge in [-0.25, -0.2) is 12.8 Å². The number of benzene rings is 1. The molecule has 1 saturated heterocycles. The number of carbonyl (C=O) groups is 1.